The van der Waals surface area contributed by atoms with Gasteiger partial charge in [-0.2, -0.15) is 0 Å². The van der Waals surface area contributed by atoms with Crippen molar-refractivity contribution in [2.24, 2.45) is 0 Å². The second kappa shape index (κ2) is 6.69. The van der Waals surface area contributed by atoms with Crippen molar-refractivity contribution < 1.29 is 19.7 Å². The van der Waals surface area contributed by atoms with Crippen molar-refractivity contribution in [1.82, 2.24) is 0 Å². The van der Waals surface area contributed by atoms with E-state index < -0.39 is 5.97 Å². The first kappa shape index (κ1) is 14.1. The number of rotatable bonds is 6. The second-order valence-corrected chi connectivity index (χ2v) is 4.01. The molecule has 0 heterocycles. The second-order valence-electron chi connectivity index (χ2n) is 4.01. The topological polar surface area (TPSA) is 66.8 Å². The number of aromatic hydroxyl groups is 1. The fourth-order valence-electron chi connectivity index (χ4n) is 1.59. The number of methoxy groups -OCH3 is 1. The van der Waals surface area contributed by atoms with Crippen molar-refractivity contribution in [3.05, 3.63) is 29.3 Å². The van der Waals surface area contributed by atoms with E-state index in [4.69, 9.17) is 9.84 Å². The Kier molecular flexibility index (Phi) is 5.24. The Morgan fingerprint density at radius 2 is 2.17 bits per heavy atom. The Bertz CT molecular complexity index is 449. The van der Waals surface area contributed by atoms with Crippen LogP contribution in [0.1, 0.15) is 31.7 Å². The molecule has 1 aromatic rings. The molecule has 4 nitrogen and oxygen atoms in total. The average Bonchev–Trinajstić information content (AvgIpc) is 2.36. The molecular formula is C14H18O4. The van der Waals surface area contributed by atoms with Crippen LogP contribution in [-0.2, 0) is 4.79 Å². The Labute approximate surface area is 107 Å². The van der Waals surface area contributed by atoms with Gasteiger partial charge in [0.1, 0.15) is 0 Å². The van der Waals surface area contributed by atoms with Crippen LogP contribution in [0.15, 0.2) is 23.8 Å². The van der Waals surface area contributed by atoms with Gasteiger partial charge in [0.25, 0.3) is 0 Å². The fraction of sp³-hybridized carbons (Fsp3) is 0.357. The number of aliphatic carboxylic acids is 1. The molecule has 18 heavy (non-hydrogen) atoms. The summed E-state index contributed by atoms with van der Waals surface area (Å²) in [5.74, 6) is -0.528. The molecule has 1 aromatic carbocycles. The van der Waals surface area contributed by atoms with E-state index in [1.54, 1.807) is 18.2 Å². The van der Waals surface area contributed by atoms with E-state index in [1.807, 2.05) is 6.92 Å². The van der Waals surface area contributed by atoms with Crippen molar-refractivity contribution in [2.75, 3.05) is 7.11 Å². The number of ether oxygens (including phenoxy) is 1. The molecule has 0 radical (unpaired) electrons. The zero-order valence-corrected chi connectivity index (χ0v) is 10.6. The van der Waals surface area contributed by atoms with Gasteiger partial charge in [-0.3, -0.25) is 0 Å². The molecular weight excluding hydrogens is 232 g/mol. The quantitative estimate of drug-likeness (QED) is 0.761. The molecule has 4 heteroatoms. The molecule has 0 aromatic heterocycles. The van der Waals surface area contributed by atoms with Crippen LogP contribution in [0.4, 0.5) is 0 Å². The first-order valence-corrected chi connectivity index (χ1v) is 5.89. The number of carbonyl (C=O) groups is 1. The molecule has 0 aliphatic heterocycles. The van der Waals surface area contributed by atoms with E-state index in [9.17, 15) is 9.90 Å². The van der Waals surface area contributed by atoms with Crippen LogP contribution in [0, 0.1) is 0 Å². The van der Waals surface area contributed by atoms with Gasteiger partial charge >= 0.3 is 5.97 Å². The average molecular weight is 250 g/mol. The van der Waals surface area contributed by atoms with E-state index in [2.05, 4.69) is 0 Å². The van der Waals surface area contributed by atoms with Gasteiger partial charge in [0.2, 0.25) is 0 Å². The number of hydrogen-bond acceptors (Lipinski definition) is 3. The number of benzene rings is 1. The third-order valence-electron chi connectivity index (χ3n) is 2.62. The van der Waals surface area contributed by atoms with Gasteiger partial charge in [-0.15, -0.1) is 0 Å². The summed E-state index contributed by atoms with van der Waals surface area (Å²) in [5.41, 5.74) is 1.07. The minimum atomic E-state index is -0.907. The van der Waals surface area contributed by atoms with Crippen LogP contribution in [-0.4, -0.2) is 23.3 Å². The van der Waals surface area contributed by atoms with Crippen LogP contribution in [0.5, 0.6) is 11.5 Å². The van der Waals surface area contributed by atoms with Crippen LogP contribution < -0.4 is 4.74 Å². The van der Waals surface area contributed by atoms with E-state index in [1.165, 1.54) is 13.2 Å². The zero-order chi connectivity index (χ0) is 13.5. The number of unbranched alkanes of at least 4 members (excludes halogenated alkanes) is 1. The maximum atomic E-state index is 11.1. The first-order valence-electron chi connectivity index (χ1n) is 5.89. The van der Waals surface area contributed by atoms with Gasteiger partial charge in [-0.1, -0.05) is 19.4 Å². The molecule has 0 amide bonds. The molecule has 1 rings (SSSR count). The number of carboxylic acid groups (broad SMARTS) is 1. The Balaban J connectivity index is 3.00. The predicted octanol–water partition coefficient (Wildman–Crippen LogP) is 3.06. The van der Waals surface area contributed by atoms with Gasteiger partial charge < -0.3 is 14.9 Å². The molecule has 0 saturated heterocycles. The molecule has 0 atom stereocenters. The lowest BCUT2D eigenvalue weighted by Crippen LogP contribution is -2.00. The van der Waals surface area contributed by atoms with Gasteiger partial charge in [-0.25, -0.2) is 4.79 Å². The molecule has 0 aliphatic rings. The lowest BCUT2D eigenvalue weighted by atomic mass is 10.1. The van der Waals surface area contributed by atoms with Gasteiger partial charge in [0, 0.05) is 5.57 Å². The highest BCUT2D eigenvalue weighted by molar-refractivity contribution is 5.92. The Morgan fingerprint density at radius 1 is 1.44 bits per heavy atom. The van der Waals surface area contributed by atoms with Crippen molar-refractivity contribution in [3.63, 3.8) is 0 Å². The normalized spacial score (nSPS) is 11.3. The van der Waals surface area contributed by atoms with Crippen LogP contribution in [0.2, 0.25) is 0 Å². The van der Waals surface area contributed by atoms with Crippen LogP contribution in [0.3, 0.4) is 0 Å². The van der Waals surface area contributed by atoms with Crippen molar-refractivity contribution >= 4 is 12.0 Å². The molecule has 0 saturated carbocycles. The lowest BCUT2D eigenvalue weighted by molar-refractivity contribution is -0.132. The van der Waals surface area contributed by atoms with E-state index >= 15 is 0 Å². The fourth-order valence-corrected chi connectivity index (χ4v) is 1.59. The standard InChI is InChI=1S/C14H18O4/c1-3-4-5-11(14(16)17)8-10-6-7-12(15)13(9-10)18-2/h6-9,15H,3-5H2,1-2H3,(H,16,17). The summed E-state index contributed by atoms with van der Waals surface area (Å²) in [4.78, 5) is 11.1. The summed E-state index contributed by atoms with van der Waals surface area (Å²) in [6.07, 6.45) is 3.94. The molecule has 0 spiro atoms. The van der Waals surface area contributed by atoms with Gasteiger partial charge in [-0.05, 0) is 36.6 Å². The summed E-state index contributed by atoms with van der Waals surface area (Å²) < 4.78 is 4.98. The van der Waals surface area contributed by atoms with Crippen molar-refractivity contribution in [3.8, 4) is 11.5 Å². The number of phenolic OH excluding ortho intramolecular Hbond substituents is 1. The van der Waals surface area contributed by atoms with Crippen LogP contribution in [0.25, 0.3) is 6.08 Å². The summed E-state index contributed by atoms with van der Waals surface area (Å²) in [7, 11) is 1.46. The minimum Gasteiger partial charge on any atom is -0.504 e. The SMILES string of the molecule is CCCCC(=Cc1ccc(O)c(OC)c1)C(=O)O. The van der Waals surface area contributed by atoms with Gasteiger partial charge in [0.05, 0.1) is 7.11 Å². The Hall–Kier alpha value is -1.97. The Morgan fingerprint density at radius 3 is 2.72 bits per heavy atom. The largest absolute Gasteiger partial charge is 0.504 e. The van der Waals surface area contributed by atoms with Crippen molar-refractivity contribution in [1.29, 1.82) is 0 Å². The maximum absolute atomic E-state index is 11.1. The van der Waals surface area contributed by atoms with E-state index in [0.717, 1.165) is 12.8 Å². The van der Waals surface area contributed by atoms with E-state index in [0.29, 0.717) is 23.3 Å². The minimum absolute atomic E-state index is 0.0417. The molecule has 98 valence electrons. The molecule has 0 unspecified atom stereocenters. The molecule has 0 bridgehead atoms. The number of phenols is 1. The molecule has 0 aliphatic carbocycles. The number of carboxylic acids is 1. The maximum Gasteiger partial charge on any atom is 0.331 e. The first-order chi connectivity index (χ1) is 8.58. The number of hydrogen-bond donors (Lipinski definition) is 2. The smallest absolute Gasteiger partial charge is 0.331 e. The van der Waals surface area contributed by atoms with Crippen LogP contribution >= 0.6 is 0 Å². The van der Waals surface area contributed by atoms with Gasteiger partial charge in [0.15, 0.2) is 11.5 Å². The highest BCUT2D eigenvalue weighted by Gasteiger charge is 2.08. The highest BCUT2D eigenvalue weighted by atomic mass is 16.5. The lowest BCUT2D eigenvalue weighted by Gasteiger charge is -2.05. The van der Waals surface area contributed by atoms with Crippen molar-refractivity contribution in [2.45, 2.75) is 26.2 Å². The summed E-state index contributed by atoms with van der Waals surface area (Å²) in [6.45, 7) is 2.02. The molecule has 2 N–H and O–H groups in total. The van der Waals surface area contributed by atoms with E-state index in [-0.39, 0.29) is 5.75 Å². The summed E-state index contributed by atoms with van der Waals surface area (Å²) >= 11 is 0. The highest BCUT2D eigenvalue weighted by Crippen LogP contribution is 2.27. The monoisotopic (exact) mass is 250 g/mol. The predicted molar refractivity (Wildman–Crippen MR) is 69.8 cm³/mol. The molecule has 0 fully saturated rings. The third kappa shape index (κ3) is 3.80. The zero-order valence-electron chi connectivity index (χ0n) is 10.6. The summed E-state index contributed by atoms with van der Waals surface area (Å²) in [6, 6.07) is 4.76. The third-order valence-corrected chi connectivity index (χ3v) is 2.62. The summed E-state index contributed by atoms with van der Waals surface area (Å²) in [5, 5.41) is 18.6.